The van der Waals surface area contributed by atoms with Gasteiger partial charge in [-0.05, 0) is 0 Å². The summed E-state index contributed by atoms with van der Waals surface area (Å²) in [6, 6.07) is 9.09. The molecule has 0 aromatic heterocycles. The minimum Gasteiger partial charge on any atom is -0.481 e. The van der Waals surface area contributed by atoms with E-state index in [4.69, 9.17) is 26.2 Å². The number of hydrogen-bond acceptors (Lipinski definition) is 6. The van der Waals surface area contributed by atoms with Gasteiger partial charge in [0.1, 0.15) is 12.5 Å². The highest BCUT2D eigenvalue weighted by atomic mass is 16.4. The van der Waals surface area contributed by atoms with Gasteiger partial charge in [0.05, 0.1) is 25.4 Å². The molecule has 0 saturated heterocycles. The molecule has 2 aliphatic rings. The molecule has 148 valence electrons. The van der Waals surface area contributed by atoms with Gasteiger partial charge in [-0.2, -0.15) is 0 Å². The van der Waals surface area contributed by atoms with E-state index in [1.807, 2.05) is 34.9 Å². The molecule has 0 bridgehead atoms. The van der Waals surface area contributed by atoms with Gasteiger partial charge in [-0.3, -0.25) is 9.59 Å². The van der Waals surface area contributed by atoms with E-state index in [0.29, 0.717) is 18.5 Å². The van der Waals surface area contributed by atoms with Gasteiger partial charge in [0.25, 0.3) is 0 Å². The third kappa shape index (κ3) is 4.78. The highest BCUT2D eigenvalue weighted by Gasteiger charge is 2.48. The maximum atomic E-state index is 12.5. The van der Waals surface area contributed by atoms with E-state index in [2.05, 4.69) is 0 Å². The fraction of sp³-hybridized carbons (Fsp3) is 0.526. The van der Waals surface area contributed by atoms with Crippen LogP contribution < -0.4 is 5.73 Å². The number of hydrogen-bond donors (Lipinski definition) is 5. The molecule has 2 heterocycles. The van der Waals surface area contributed by atoms with Crippen molar-refractivity contribution in [1.29, 1.82) is 0 Å². The van der Waals surface area contributed by atoms with Crippen LogP contribution in [0.5, 0.6) is 0 Å². The second kappa shape index (κ2) is 9.18. The standard InChI is InChI=1S/C15H15NO3.C4H11NO3/c17-14(10-4-2-1-3-5-10)13-7-6-12-11(15(18)19)8-9-16(12)13;5-4(1-6,2-7)3-8/h1-5,11,13H,6-9H2;6-8H,1-3,5H2/p+1. The Morgan fingerprint density at radius 1 is 1.07 bits per heavy atom. The van der Waals surface area contributed by atoms with Crippen molar-refractivity contribution in [3.05, 3.63) is 35.9 Å². The minimum atomic E-state index is -1.21. The lowest BCUT2D eigenvalue weighted by atomic mass is 9.96. The van der Waals surface area contributed by atoms with Crippen molar-refractivity contribution in [2.24, 2.45) is 11.7 Å². The van der Waals surface area contributed by atoms with Crippen molar-refractivity contribution in [3.8, 4) is 0 Å². The lowest BCUT2D eigenvalue weighted by Gasteiger charge is -2.20. The molecule has 8 heteroatoms. The molecule has 3 rings (SSSR count). The van der Waals surface area contributed by atoms with Crippen LogP contribution in [0, 0.1) is 5.92 Å². The Hall–Kier alpha value is -2.13. The third-order valence-electron chi connectivity index (χ3n) is 5.08. The minimum absolute atomic E-state index is 0.113. The predicted octanol–water partition coefficient (Wildman–Crippen LogP) is -0.749. The Morgan fingerprint density at radius 3 is 2.15 bits per heavy atom. The molecule has 27 heavy (non-hydrogen) atoms. The van der Waals surface area contributed by atoms with Crippen molar-refractivity contribution in [1.82, 2.24) is 0 Å². The first-order valence-corrected chi connectivity index (χ1v) is 8.92. The van der Waals surface area contributed by atoms with Crippen LogP contribution in [0.3, 0.4) is 0 Å². The van der Waals surface area contributed by atoms with Crippen LogP contribution in [0.2, 0.25) is 0 Å². The number of aliphatic hydroxyl groups excluding tert-OH is 3. The zero-order chi connectivity index (χ0) is 20.0. The number of aliphatic carboxylic acids is 1. The van der Waals surface area contributed by atoms with E-state index in [1.54, 1.807) is 0 Å². The van der Waals surface area contributed by atoms with Gasteiger partial charge in [-0.1, -0.05) is 30.3 Å². The zero-order valence-electron chi connectivity index (χ0n) is 15.1. The molecule has 1 aromatic carbocycles. The number of carbonyl (C=O) groups is 2. The lowest BCUT2D eigenvalue weighted by molar-refractivity contribution is -0.535. The van der Waals surface area contributed by atoms with Gasteiger partial charge in [-0.25, -0.2) is 4.58 Å². The quantitative estimate of drug-likeness (QED) is 0.323. The van der Waals surface area contributed by atoms with Crippen molar-refractivity contribution in [3.63, 3.8) is 0 Å². The maximum absolute atomic E-state index is 12.5. The molecular formula is C19H27N2O6+. The number of benzene rings is 1. The topological polar surface area (TPSA) is 144 Å². The Bertz CT molecular complexity index is 691. The largest absolute Gasteiger partial charge is 0.481 e. The summed E-state index contributed by atoms with van der Waals surface area (Å²) in [5.41, 5.74) is 5.60. The number of carboxylic acid groups (broad SMARTS) is 1. The van der Waals surface area contributed by atoms with Gasteiger partial charge in [-0.15, -0.1) is 0 Å². The summed E-state index contributed by atoms with van der Waals surface area (Å²) in [7, 11) is 0. The number of Topliss-reactive ketones (excluding diaryl/α,β-unsaturated/α-hetero) is 1. The normalized spacial score (nSPS) is 21.5. The number of ketones is 1. The van der Waals surface area contributed by atoms with Gasteiger partial charge in [0, 0.05) is 24.8 Å². The summed E-state index contributed by atoms with van der Waals surface area (Å²) in [4.78, 5) is 23.6. The number of nitrogens with zero attached hydrogens (tertiary/aromatic N) is 1. The lowest BCUT2D eigenvalue weighted by Crippen LogP contribution is -2.50. The van der Waals surface area contributed by atoms with Crippen LogP contribution >= 0.6 is 0 Å². The number of rotatable bonds is 6. The van der Waals surface area contributed by atoms with Gasteiger partial charge >= 0.3 is 5.97 Å². The fourth-order valence-electron chi connectivity index (χ4n) is 3.38. The highest BCUT2D eigenvalue weighted by Crippen LogP contribution is 2.28. The smallest absolute Gasteiger partial charge is 0.317 e. The second-order valence-corrected chi connectivity index (χ2v) is 6.99. The molecule has 1 aromatic rings. The number of aliphatic hydroxyl groups is 3. The zero-order valence-corrected chi connectivity index (χ0v) is 15.1. The van der Waals surface area contributed by atoms with Gasteiger partial charge in [0.2, 0.25) is 11.8 Å². The molecule has 2 atom stereocenters. The number of carbonyl (C=O) groups excluding carboxylic acids is 1. The first-order valence-electron chi connectivity index (χ1n) is 8.92. The molecule has 8 nitrogen and oxygen atoms in total. The van der Waals surface area contributed by atoms with Crippen molar-refractivity contribution < 1.29 is 34.6 Å². The van der Waals surface area contributed by atoms with E-state index in [1.165, 1.54) is 0 Å². The molecule has 0 spiro atoms. The third-order valence-corrected chi connectivity index (χ3v) is 5.08. The van der Waals surface area contributed by atoms with Gasteiger partial charge < -0.3 is 26.2 Å². The van der Waals surface area contributed by atoms with Crippen molar-refractivity contribution in [2.75, 3.05) is 26.4 Å². The first kappa shape index (κ1) is 21.2. The van der Waals surface area contributed by atoms with E-state index < -0.39 is 31.3 Å². The SMILES string of the molecule is NC(CO)(CO)CO.O=C(O)C1CC[N+]2=C1CCC2C(=O)c1ccccc1. The van der Waals surface area contributed by atoms with Crippen LogP contribution in [-0.2, 0) is 4.79 Å². The first-order chi connectivity index (χ1) is 12.9. The molecule has 0 radical (unpaired) electrons. The van der Waals surface area contributed by atoms with Crippen LogP contribution in [0.25, 0.3) is 0 Å². The molecule has 0 fully saturated rings. The predicted molar refractivity (Wildman–Crippen MR) is 97.8 cm³/mol. The molecule has 6 N–H and O–H groups in total. The van der Waals surface area contributed by atoms with Crippen LogP contribution in [0.1, 0.15) is 29.6 Å². The van der Waals surface area contributed by atoms with E-state index >= 15 is 0 Å². The summed E-state index contributed by atoms with van der Waals surface area (Å²) < 4.78 is 2.02. The summed E-state index contributed by atoms with van der Waals surface area (Å²) in [5.74, 6) is -1.03. The van der Waals surface area contributed by atoms with Crippen LogP contribution in [-0.4, -0.2) is 80.4 Å². The molecule has 2 aliphatic heterocycles. The maximum Gasteiger partial charge on any atom is 0.317 e. The Morgan fingerprint density at radius 2 is 1.67 bits per heavy atom. The molecule has 0 amide bonds. The highest BCUT2D eigenvalue weighted by molar-refractivity contribution is 6.04. The van der Waals surface area contributed by atoms with E-state index in [-0.39, 0.29) is 17.7 Å². The molecule has 0 saturated carbocycles. The Balaban J connectivity index is 0.000000279. The average molecular weight is 379 g/mol. The van der Waals surface area contributed by atoms with E-state index in [9.17, 15) is 9.59 Å². The molecule has 0 aliphatic carbocycles. The Labute approximate surface area is 157 Å². The van der Waals surface area contributed by atoms with Gasteiger partial charge in [0.15, 0.2) is 5.71 Å². The van der Waals surface area contributed by atoms with Crippen LogP contribution in [0.4, 0.5) is 0 Å². The number of nitrogens with two attached hydrogens (primary N) is 1. The molecule has 2 unspecified atom stereocenters. The Kier molecular flexibility index (Phi) is 7.20. The fourth-order valence-corrected chi connectivity index (χ4v) is 3.38. The summed E-state index contributed by atoms with van der Waals surface area (Å²) >= 11 is 0. The summed E-state index contributed by atoms with van der Waals surface area (Å²) in [5, 5.41) is 34.2. The number of carboxylic acids is 1. The van der Waals surface area contributed by atoms with Crippen LogP contribution in [0.15, 0.2) is 30.3 Å². The second-order valence-electron chi connectivity index (χ2n) is 6.99. The summed E-state index contributed by atoms with van der Waals surface area (Å²) in [6.45, 7) is -0.518. The van der Waals surface area contributed by atoms with Crippen molar-refractivity contribution >= 4 is 17.5 Å². The van der Waals surface area contributed by atoms with E-state index in [0.717, 1.165) is 18.6 Å². The summed E-state index contributed by atoms with van der Waals surface area (Å²) in [6.07, 6.45) is 2.11. The van der Waals surface area contributed by atoms with Crippen molar-refractivity contribution in [2.45, 2.75) is 30.8 Å². The molecular weight excluding hydrogens is 352 g/mol. The average Bonchev–Trinajstić information content (AvgIpc) is 3.30. The monoisotopic (exact) mass is 379 g/mol.